The average Bonchev–Trinajstić information content (AvgIpc) is 2.60. The Balaban J connectivity index is 1.67. The van der Waals surface area contributed by atoms with Gasteiger partial charge in [-0.2, -0.15) is 0 Å². The van der Waals surface area contributed by atoms with Crippen LogP contribution in [0.3, 0.4) is 0 Å². The highest BCUT2D eigenvalue weighted by molar-refractivity contribution is 5.81. The molecule has 0 aliphatic carbocycles. The Hall–Kier alpha value is -2.82. The summed E-state index contributed by atoms with van der Waals surface area (Å²) in [6, 6.07) is 17.2. The number of hydrogen-bond acceptors (Lipinski definition) is 4. The summed E-state index contributed by atoms with van der Waals surface area (Å²) >= 11 is 0. The molecule has 0 bridgehead atoms. The van der Waals surface area contributed by atoms with Crippen LogP contribution in [0.5, 0.6) is 5.75 Å². The number of benzene rings is 2. The first-order chi connectivity index (χ1) is 12.0. The van der Waals surface area contributed by atoms with Gasteiger partial charge in [-0.15, -0.1) is 0 Å². The van der Waals surface area contributed by atoms with E-state index in [2.05, 4.69) is 5.32 Å². The lowest BCUT2D eigenvalue weighted by Crippen LogP contribution is -2.33. The van der Waals surface area contributed by atoms with E-state index in [0.717, 1.165) is 17.5 Å². The molecule has 132 valence electrons. The van der Waals surface area contributed by atoms with E-state index in [-0.39, 0.29) is 12.5 Å². The predicted octanol–water partition coefficient (Wildman–Crippen LogP) is 2.66. The van der Waals surface area contributed by atoms with Gasteiger partial charge in [0.2, 0.25) is 0 Å². The molecule has 0 aliphatic heterocycles. The molecular formula is C20H23NO4. The fourth-order valence-corrected chi connectivity index (χ4v) is 2.24. The third kappa shape index (κ3) is 6.67. The third-order valence-corrected chi connectivity index (χ3v) is 3.56. The van der Waals surface area contributed by atoms with Crippen LogP contribution in [-0.2, 0) is 20.7 Å². The fourth-order valence-electron chi connectivity index (χ4n) is 2.24. The summed E-state index contributed by atoms with van der Waals surface area (Å²) in [5.41, 5.74) is 2.18. The Kier molecular flexibility index (Phi) is 7.01. The van der Waals surface area contributed by atoms with Crippen molar-refractivity contribution in [2.75, 3.05) is 13.2 Å². The zero-order valence-electron chi connectivity index (χ0n) is 14.5. The second-order valence-electron chi connectivity index (χ2n) is 5.77. The number of rotatable bonds is 8. The van der Waals surface area contributed by atoms with Crippen molar-refractivity contribution in [1.82, 2.24) is 5.32 Å². The standard InChI is InChI=1S/C20H23NO4/c1-15-7-6-10-18(13-15)25-16(2)20(23)24-14-19(22)21-12-11-17-8-4-3-5-9-17/h3-10,13,16H,11-12,14H2,1-2H3,(H,21,22)/t16-/m1/s1. The number of aryl methyl sites for hydroxylation is 1. The van der Waals surface area contributed by atoms with Crippen LogP contribution < -0.4 is 10.1 Å². The highest BCUT2D eigenvalue weighted by atomic mass is 16.6. The molecule has 2 rings (SSSR count). The van der Waals surface area contributed by atoms with Gasteiger partial charge in [-0.25, -0.2) is 4.79 Å². The summed E-state index contributed by atoms with van der Waals surface area (Å²) in [4.78, 5) is 23.6. The zero-order chi connectivity index (χ0) is 18.1. The summed E-state index contributed by atoms with van der Waals surface area (Å²) in [5.74, 6) is -0.302. The Morgan fingerprint density at radius 3 is 2.56 bits per heavy atom. The number of esters is 1. The number of carbonyl (C=O) groups excluding carboxylic acids is 2. The van der Waals surface area contributed by atoms with E-state index in [1.54, 1.807) is 13.0 Å². The molecule has 1 N–H and O–H groups in total. The van der Waals surface area contributed by atoms with Gasteiger partial charge in [0, 0.05) is 6.54 Å². The lowest BCUT2D eigenvalue weighted by atomic mass is 10.1. The third-order valence-electron chi connectivity index (χ3n) is 3.56. The lowest BCUT2D eigenvalue weighted by molar-refractivity contribution is -0.154. The summed E-state index contributed by atoms with van der Waals surface area (Å²) in [6.45, 7) is 3.72. The minimum Gasteiger partial charge on any atom is -0.479 e. The summed E-state index contributed by atoms with van der Waals surface area (Å²) in [6.07, 6.45) is -0.0492. The van der Waals surface area contributed by atoms with E-state index in [9.17, 15) is 9.59 Å². The Morgan fingerprint density at radius 1 is 1.08 bits per heavy atom. The number of ether oxygens (including phenoxy) is 2. The van der Waals surface area contributed by atoms with Gasteiger partial charge in [-0.3, -0.25) is 4.79 Å². The molecule has 0 aliphatic rings. The second-order valence-corrected chi connectivity index (χ2v) is 5.77. The highest BCUT2D eigenvalue weighted by Gasteiger charge is 2.17. The molecule has 5 nitrogen and oxygen atoms in total. The van der Waals surface area contributed by atoms with Gasteiger partial charge >= 0.3 is 5.97 Å². The molecular weight excluding hydrogens is 318 g/mol. The van der Waals surface area contributed by atoms with Crippen LogP contribution in [0, 0.1) is 6.92 Å². The SMILES string of the molecule is Cc1cccc(O[C@H](C)C(=O)OCC(=O)NCCc2ccccc2)c1. The smallest absolute Gasteiger partial charge is 0.347 e. The molecule has 1 atom stereocenters. The lowest BCUT2D eigenvalue weighted by Gasteiger charge is -2.14. The largest absolute Gasteiger partial charge is 0.479 e. The molecule has 5 heteroatoms. The molecule has 0 unspecified atom stereocenters. The van der Waals surface area contributed by atoms with Crippen molar-refractivity contribution in [3.63, 3.8) is 0 Å². The number of nitrogens with one attached hydrogen (secondary N) is 1. The summed E-state index contributed by atoms with van der Waals surface area (Å²) in [5, 5.41) is 2.73. The second kappa shape index (κ2) is 9.47. The Bertz CT molecular complexity index is 700. The molecule has 0 aromatic heterocycles. The number of carbonyl (C=O) groups is 2. The minimum absolute atomic E-state index is 0.310. The molecule has 0 radical (unpaired) electrons. The molecule has 0 heterocycles. The van der Waals surface area contributed by atoms with Crippen LogP contribution in [0.4, 0.5) is 0 Å². The monoisotopic (exact) mass is 341 g/mol. The van der Waals surface area contributed by atoms with Crippen LogP contribution in [0.25, 0.3) is 0 Å². The first kappa shape index (κ1) is 18.5. The molecule has 0 saturated carbocycles. The van der Waals surface area contributed by atoms with Gasteiger partial charge in [-0.05, 0) is 43.5 Å². The molecule has 25 heavy (non-hydrogen) atoms. The highest BCUT2D eigenvalue weighted by Crippen LogP contribution is 2.14. The van der Waals surface area contributed by atoms with Crippen molar-refractivity contribution in [1.29, 1.82) is 0 Å². The molecule has 0 saturated heterocycles. The first-order valence-corrected chi connectivity index (χ1v) is 8.25. The van der Waals surface area contributed by atoms with Crippen LogP contribution in [0.15, 0.2) is 54.6 Å². The van der Waals surface area contributed by atoms with Gasteiger partial charge in [0.05, 0.1) is 0 Å². The van der Waals surface area contributed by atoms with Gasteiger partial charge in [0.15, 0.2) is 12.7 Å². The Labute approximate surface area is 148 Å². The van der Waals surface area contributed by atoms with Crippen molar-refractivity contribution < 1.29 is 19.1 Å². The molecule has 0 spiro atoms. The minimum atomic E-state index is -0.779. The van der Waals surface area contributed by atoms with Crippen molar-refractivity contribution in [2.24, 2.45) is 0 Å². The number of hydrogen-bond donors (Lipinski definition) is 1. The van der Waals surface area contributed by atoms with Gasteiger partial charge in [0.25, 0.3) is 5.91 Å². The van der Waals surface area contributed by atoms with E-state index < -0.39 is 12.1 Å². The molecule has 1 amide bonds. The van der Waals surface area contributed by atoms with E-state index in [0.29, 0.717) is 12.3 Å². The van der Waals surface area contributed by atoms with Crippen molar-refractivity contribution in [3.05, 3.63) is 65.7 Å². The molecule has 2 aromatic carbocycles. The van der Waals surface area contributed by atoms with Crippen molar-refractivity contribution in [2.45, 2.75) is 26.4 Å². The van der Waals surface area contributed by atoms with Crippen LogP contribution in [0.2, 0.25) is 0 Å². The fraction of sp³-hybridized carbons (Fsp3) is 0.300. The summed E-state index contributed by atoms with van der Waals surface area (Å²) < 4.78 is 10.5. The average molecular weight is 341 g/mol. The van der Waals surface area contributed by atoms with E-state index >= 15 is 0 Å². The van der Waals surface area contributed by atoms with Crippen molar-refractivity contribution >= 4 is 11.9 Å². The zero-order valence-corrected chi connectivity index (χ0v) is 14.5. The quantitative estimate of drug-likeness (QED) is 0.750. The molecule has 0 fully saturated rings. The van der Waals surface area contributed by atoms with Crippen LogP contribution in [0.1, 0.15) is 18.1 Å². The van der Waals surface area contributed by atoms with Crippen LogP contribution in [-0.4, -0.2) is 31.1 Å². The summed E-state index contributed by atoms with van der Waals surface area (Å²) in [7, 11) is 0. The van der Waals surface area contributed by atoms with Gasteiger partial charge in [0.1, 0.15) is 5.75 Å². The molecule has 2 aromatic rings. The number of amides is 1. The van der Waals surface area contributed by atoms with E-state index in [4.69, 9.17) is 9.47 Å². The van der Waals surface area contributed by atoms with E-state index in [1.807, 2.05) is 55.5 Å². The predicted molar refractivity (Wildman–Crippen MR) is 95.4 cm³/mol. The maximum atomic E-state index is 11.9. The first-order valence-electron chi connectivity index (χ1n) is 8.25. The van der Waals surface area contributed by atoms with Gasteiger partial charge in [-0.1, -0.05) is 42.5 Å². The van der Waals surface area contributed by atoms with Crippen molar-refractivity contribution in [3.8, 4) is 5.75 Å². The topological polar surface area (TPSA) is 64.6 Å². The maximum Gasteiger partial charge on any atom is 0.347 e. The van der Waals surface area contributed by atoms with Crippen LogP contribution >= 0.6 is 0 Å². The maximum absolute atomic E-state index is 11.9. The Morgan fingerprint density at radius 2 is 1.84 bits per heavy atom. The van der Waals surface area contributed by atoms with E-state index in [1.165, 1.54) is 0 Å². The normalized spacial score (nSPS) is 11.4. The van der Waals surface area contributed by atoms with Gasteiger partial charge < -0.3 is 14.8 Å².